The zero-order chi connectivity index (χ0) is 35.7. The van der Waals surface area contributed by atoms with Gasteiger partial charge in [0.1, 0.15) is 12.7 Å². The Kier molecular flexibility index (Phi) is 13.0. The van der Waals surface area contributed by atoms with E-state index in [-0.39, 0.29) is 56.2 Å². The van der Waals surface area contributed by atoms with Crippen LogP contribution in [0.15, 0.2) is 53.4 Å². The third-order valence-electron chi connectivity index (χ3n) is 9.16. The van der Waals surface area contributed by atoms with Crippen LogP contribution in [0.2, 0.25) is 0 Å². The van der Waals surface area contributed by atoms with Gasteiger partial charge in [0.15, 0.2) is 17.8 Å². The standard InChI is InChI=1S/C35H49N3O11S/c1-35(2,14-7-8-15-36-32(40)21-44-3)22-38(50(42,43)25-11-12-29-30(18-25)48-23-47-29)19-28(39)27(17-24-9-5-4-6-10-24)37-34(41)49-31-20-46-33-26(31)13-16-45-33/h4-6,9-12,18,26-28,31,33,39H,7-8,13-17,19-23H2,1-3H3,(H,36,40)(H,37,41)/t26-,27-,28+,31-,33+/m0/s1. The summed E-state index contributed by atoms with van der Waals surface area (Å²) in [6, 6.07) is 12.9. The molecule has 2 saturated heterocycles. The van der Waals surface area contributed by atoms with Crippen LogP contribution in [0.1, 0.15) is 45.1 Å². The molecule has 0 spiro atoms. The molecule has 0 unspecified atom stereocenters. The summed E-state index contributed by atoms with van der Waals surface area (Å²) in [6.07, 6.45) is 0.0658. The van der Waals surface area contributed by atoms with Crippen molar-refractivity contribution < 1.29 is 51.5 Å². The lowest BCUT2D eigenvalue weighted by molar-refractivity contribution is -0.124. The summed E-state index contributed by atoms with van der Waals surface area (Å²) in [5.41, 5.74) is 0.317. The van der Waals surface area contributed by atoms with Crippen LogP contribution in [0.4, 0.5) is 4.79 Å². The fourth-order valence-electron chi connectivity index (χ4n) is 6.49. The number of nitrogens with one attached hydrogen (secondary N) is 2. The predicted molar refractivity (Wildman–Crippen MR) is 181 cm³/mol. The molecule has 2 aromatic rings. The van der Waals surface area contributed by atoms with E-state index in [1.54, 1.807) is 6.07 Å². The first kappa shape index (κ1) is 37.8. The molecule has 0 aromatic heterocycles. The van der Waals surface area contributed by atoms with E-state index >= 15 is 0 Å². The minimum Gasteiger partial charge on any atom is -0.454 e. The van der Waals surface area contributed by atoms with Crippen LogP contribution in [0, 0.1) is 11.3 Å². The van der Waals surface area contributed by atoms with Gasteiger partial charge in [-0.15, -0.1) is 0 Å². The normalized spacial score (nSPS) is 21.1. The smallest absolute Gasteiger partial charge is 0.407 e. The molecular formula is C35H49N3O11S. The van der Waals surface area contributed by atoms with Crippen LogP contribution < -0.4 is 20.1 Å². The molecule has 5 atom stereocenters. The van der Waals surface area contributed by atoms with E-state index in [2.05, 4.69) is 10.6 Å². The molecule has 2 amide bonds. The Balaban J connectivity index is 1.32. The van der Waals surface area contributed by atoms with Crippen molar-refractivity contribution in [2.75, 3.05) is 53.4 Å². The maximum absolute atomic E-state index is 14.3. The Morgan fingerprint density at radius 1 is 1.08 bits per heavy atom. The minimum absolute atomic E-state index is 0.00726. The highest BCUT2D eigenvalue weighted by Gasteiger charge is 2.44. The molecule has 0 saturated carbocycles. The summed E-state index contributed by atoms with van der Waals surface area (Å²) in [6.45, 7) is 4.88. The maximum atomic E-state index is 14.3. The number of nitrogens with zero attached hydrogens (tertiary/aromatic N) is 1. The molecule has 14 nitrogen and oxygen atoms in total. The number of alkyl carbamates (subject to hydrolysis) is 1. The quantitative estimate of drug-likeness (QED) is 0.194. The Hall–Kier alpha value is -3.47. The van der Waals surface area contributed by atoms with Gasteiger partial charge in [-0.1, -0.05) is 50.6 Å². The minimum atomic E-state index is -4.17. The summed E-state index contributed by atoms with van der Waals surface area (Å²) in [5.74, 6) is 0.503. The molecule has 0 radical (unpaired) electrons. The molecule has 276 valence electrons. The van der Waals surface area contributed by atoms with E-state index in [4.69, 9.17) is 28.4 Å². The first-order valence-corrected chi connectivity index (χ1v) is 18.5. The number of sulfonamides is 1. The maximum Gasteiger partial charge on any atom is 0.407 e. The summed E-state index contributed by atoms with van der Waals surface area (Å²) in [5, 5.41) is 17.4. The van der Waals surface area contributed by atoms with Crippen molar-refractivity contribution in [3.8, 4) is 11.5 Å². The highest BCUT2D eigenvalue weighted by Crippen LogP contribution is 2.36. The average molecular weight is 720 g/mol. The average Bonchev–Trinajstić information content (AvgIpc) is 3.83. The topological polar surface area (TPSA) is 171 Å². The Morgan fingerprint density at radius 2 is 1.86 bits per heavy atom. The number of hydrogen-bond acceptors (Lipinski definition) is 11. The van der Waals surface area contributed by atoms with Gasteiger partial charge in [-0.05, 0) is 48.8 Å². The van der Waals surface area contributed by atoms with Crippen LogP contribution in [0.5, 0.6) is 11.5 Å². The number of ether oxygens (including phenoxy) is 6. The van der Waals surface area contributed by atoms with Crippen molar-refractivity contribution >= 4 is 22.0 Å². The van der Waals surface area contributed by atoms with Gasteiger partial charge in [0, 0.05) is 32.8 Å². The first-order valence-electron chi connectivity index (χ1n) is 17.0. The van der Waals surface area contributed by atoms with Crippen LogP contribution >= 0.6 is 0 Å². The molecule has 3 aliphatic rings. The van der Waals surface area contributed by atoms with Gasteiger partial charge in [0.25, 0.3) is 0 Å². The molecule has 3 N–H and O–H groups in total. The second-order valence-corrected chi connectivity index (χ2v) is 15.6. The molecule has 0 aliphatic carbocycles. The van der Waals surface area contributed by atoms with E-state index < -0.39 is 46.1 Å². The lowest BCUT2D eigenvalue weighted by Gasteiger charge is -2.35. The number of benzene rings is 2. The number of amides is 2. The number of methoxy groups -OCH3 is 1. The number of carbonyl (C=O) groups excluding carboxylic acids is 2. The third kappa shape index (κ3) is 10.1. The molecule has 50 heavy (non-hydrogen) atoms. The second kappa shape index (κ2) is 17.2. The SMILES string of the molecule is COCC(=O)NCCCCC(C)(C)CN(C[C@@H](O)[C@H](Cc1ccccc1)NC(=O)O[C@H]1CO[C@H]2OCC[C@H]21)S(=O)(=O)c1ccc2c(c1)OCO2. The molecule has 15 heteroatoms. The summed E-state index contributed by atoms with van der Waals surface area (Å²) < 4.78 is 62.5. The van der Waals surface area contributed by atoms with Gasteiger partial charge in [-0.3, -0.25) is 4.79 Å². The van der Waals surface area contributed by atoms with Crippen LogP contribution in [-0.4, -0.2) is 108 Å². The fraction of sp³-hybridized carbons (Fsp3) is 0.600. The molecule has 3 heterocycles. The molecular weight excluding hydrogens is 670 g/mol. The van der Waals surface area contributed by atoms with Crippen LogP contribution in [-0.2, 0) is 40.2 Å². The van der Waals surface area contributed by atoms with Gasteiger partial charge >= 0.3 is 6.09 Å². The number of aliphatic hydroxyl groups is 1. The van der Waals surface area contributed by atoms with Crippen molar-refractivity contribution in [3.63, 3.8) is 0 Å². The van der Waals surface area contributed by atoms with E-state index in [1.165, 1.54) is 23.5 Å². The number of carbonyl (C=O) groups is 2. The van der Waals surface area contributed by atoms with Gasteiger partial charge in [-0.25, -0.2) is 13.2 Å². The van der Waals surface area contributed by atoms with Gasteiger partial charge < -0.3 is 44.2 Å². The summed E-state index contributed by atoms with van der Waals surface area (Å²) in [4.78, 5) is 25.0. The Morgan fingerprint density at radius 3 is 2.64 bits per heavy atom. The molecule has 2 aromatic carbocycles. The van der Waals surface area contributed by atoms with Crippen molar-refractivity contribution in [1.29, 1.82) is 0 Å². The highest BCUT2D eigenvalue weighted by atomic mass is 32.2. The van der Waals surface area contributed by atoms with Gasteiger partial charge in [-0.2, -0.15) is 4.31 Å². The van der Waals surface area contributed by atoms with E-state index in [0.717, 1.165) is 12.0 Å². The molecule has 3 aliphatic heterocycles. The van der Waals surface area contributed by atoms with E-state index in [1.807, 2.05) is 44.2 Å². The largest absolute Gasteiger partial charge is 0.454 e. The highest BCUT2D eigenvalue weighted by molar-refractivity contribution is 7.89. The lowest BCUT2D eigenvalue weighted by atomic mass is 9.87. The number of rotatable bonds is 18. The number of aliphatic hydroxyl groups excluding tert-OH is 1. The van der Waals surface area contributed by atoms with Gasteiger partial charge in [0.05, 0.1) is 36.2 Å². The zero-order valence-corrected chi connectivity index (χ0v) is 29.7. The van der Waals surface area contributed by atoms with Gasteiger partial charge in [0.2, 0.25) is 22.7 Å². The first-order chi connectivity index (χ1) is 23.9. The number of fused-ring (bicyclic) bond motifs is 2. The molecule has 0 bridgehead atoms. The second-order valence-electron chi connectivity index (χ2n) is 13.7. The third-order valence-corrected chi connectivity index (χ3v) is 11.0. The van der Waals surface area contributed by atoms with Crippen LogP contribution in [0.25, 0.3) is 0 Å². The van der Waals surface area contributed by atoms with Crippen molar-refractivity contribution in [2.24, 2.45) is 11.3 Å². The molecule has 5 rings (SSSR count). The number of unbranched alkanes of at least 4 members (excludes halogenated alkanes) is 1. The molecule has 2 fully saturated rings. The van der Waals surface area contributed by atoms with E-state index in [0.29, 0.717) is 43.9 Å². The Labute approximate surface area is 293 Å². The predicted octanol–water partition coefficient (Wildman–Crippen LogP) is 2.82. The zero-order valence-electron chi connectivity index (χ0n) is 28.9. The van der Waals surface area contributed by atoms with Crippen molar-refractivity contribution in [1.82, 2.24) is 14.9 Å². The monoisotopic (exact) mass is 719 g/mol. The lowest BCUT2D eigenvalue weighted by Crippen LogP contribution is -2.52. The van der Waals surface area contributed by atoms with E-state index in [9.17, 15) is 23.1 Å². The summed E-state index contributed by atoms with van der Waals surface area (Å²) in [7, 11) is -2.72. The fourth-order valence-corrected chi connectivity index (χ4v) is 8.15. The Bertz CT molecular complexity index is 1540. The summed E-state index contributed by atoms with van der Waals surface area (Å²) >= 11 is 0. The van der Waals surface area contributed by atoms with Crippen molar-refractivity contribution in [2.45, 2.75) is 75.4 Å². The number of hydrogen-bond donors (Lipinski definition) is 3. The van der Waals surface area contributed by atoms with Crippen LogP contribution in [0.3, 0.4) is 0 Å². The van der Waals surface area contributed by atoms with Crippen molar-refractivity contribution in [3.05, 3.63) is 54.1 Å².